The predicted molar refractivity (Wildman–Crippen MR) is 128 cm³/mol. The highest BCUT2D eigenvalue weighted by atomic mass is 32.2. The van der Waals surface area contributed by atoms with Crippen LogP contribution in [0.5, 0.6) is 11.5 Å². The molecule has 1 amide bonds. The first-order valence-electron chi connectivity index (χ1n) is 10.7. The molecule has 0 radical (unpaired) electrons. The van der Waals surface area contributed by atoms with Crippen molar-refractivity contribution in [2.45, 2.75) is 17.7 Å². The second-order valence-corrected chi connectivity index (χ2v) is 9.42. The summed E-state index contributed by atoms with van der Waals surface area (Å²) < 4.78 is 38.9. The first kappa shape index (κ1) is 21.8. The van der Waals surface area contributed by atoms with Crippen molar-refractivity contribution in [2.24, 2.45) is 0 Å². The number of hydrogen-bond donors (Lipinski definition) is 3. The van der Waals surface area contributed by atoms with Gasteiger partial charge in [0.15, 0.2) is 11.5 Å². The summed E-state index contributed by atoms with van der Waals surface area (Å²) >= 11 is 0. The Kier molecular flexibility index (Phi) is 5.81. The lowest BCUT2D eigenvalue weighted by molar-refractivity contribution is -0.116. The van der Waals surface area contributed by atoms with Crippen LogP contribution >= 0.6 is 0 Å². The molecule has 0 fully saturated rings. The molecule has 0 saturated carbocycles. The zero-order valence-electron chi connectivity index (χ0n) is 18.1. The van der Waals surface area contributed by atoms with Crippen molar-refractivity contribution in [1.29, 1.82) is 0 Å². The highest BCUT2D eigenvalue weighted by Crippen LogP contribution is 2.32. The van der Waals surface area contributed by atoms with Crippen LogP contribution in [0.25, 0.3) is 11.0 Å². The smallest absolute Gasteiger partial charge is 0.262 e. The molecule has 1 aliphatic heterocycles. The Morgan fingerprint density at radius 1 is 0.941 bits per heavy atom. The van der Waals surface area contributed by atoms with E-state index in [0.29, 0.717) is 42.5 Å². The third-order valence-corrected chi connectivity index (χ3v) is 6.65. The number of aromatic amines is 1. The number of nitrogens with one attached hydrogen (secondary N) is 3. The van der Waals surface area contributed by atoms with E-state index in [1.807, 2.05) is 24.3 Å². The number of sulfonamides is 1. The van der Waals surface area contributed by atoms with Crippen molar-refractivity contribution >= 4 is 38.3 Å². The largest absolute Gasteiger partial charge is 0.486 e. The number of hydrogen-bond acceptors (Lipinski definition) is 6. The number of anilines is 2. The van der Waals surface area contributed by atoms with Gasteiger partial charge in [-0.3, -0.25) is 9.52 Å². The molecule has 0 unspecified atom stereocenters. The second kappa shape index (κ2) is 9.06. The number of aromatic nitrogens is 2. The predicted octanol–water partition coefficient (Wildman–Crippen LogP) is 3.71. The van der Waals surface area contributed by atoms with Crippen LogP contribution in [0.2, 0.25) is 0 Å². The van der Waals surface area contributed by atoms with Gasteiger partial charge in [0.1, 0.15) is 19.0 Å². The van der Waals surface area contributed by atoms with E-state index in [9.17, 15) is 13.2 Å². The number of imidazole rings is 1. The Morgan fingerprint density at radius 3 is 2.47 bits per heavy atom. The van der Waals surface area contributed by atoms with Crippen LogP contribution in [-0.2, 0) is 21.2 Å². The first-order chi connectivity index (χ1) is 16.5. The van der Waals surface area contributed by atoms with Crippen molar-refractivity contribution in [3.63, 3.8) is 0 Å². The van der Waals surface area contributed by atoms with Crippen molar-refractivity contribution < 1.29 is 22.7 Å². The quantitative estimate of drug-likeness (QED) is 0.372. The number of benzene rings is 3. The fourth-order valence-electron chi connectivity index (χ4n) is 3.61. The summed E-state index contributed by atoms with van der Waals surface area (Å²) in [5.74, 6) is 1.51. The molecule has 10 heteroatoms. The Bertz CT molecular complexity index is 1420. The van der Waals surface area contributed by atoms with Crippen LogP contribution in [0.15, 0.2) is 71.6 Å². The molecule has 34 heavy (non-hydrogen) atoms. The Morgan fingerprint density at radius 2 is 1.68 bits per heavy atom. The highest BCUT2D eigenvalue weighted by molar-refractivity contribution is 7.92. The molecule has 0 aliphatic carbocycles. The monoisotopic (exact) mass is 478 g/mol. The summed E-state index contributed by atoms with van der Waals surface area (Å²) in [5, 5.41) is 2.81. The van der Waals surface area contributed by atoms with E-state index in [4.69, 9.17) is 9.47 Å². The van der Waals surface area contributed by atoms with Crippen molar-refractivity contribution in [1.82, 2.24) is 9.97 Å². The lowest BCUT2D eigenvalue weighted by atomic mass is 10.2. The topological polar surface area (TPSA) is 122 Å². The number of amides is 1. The normalized spacial score (nSPS) is 12.9. The van der Waals surface area contributed by atoms with Gasteiger partial charge < -0.3 is 19.8 Å². The zero-order valence-corrected chi connectivity index (χ0v) is 18.9. The van der Waals surface area contributed by atoms with Gasteiger partial charge in [-0.2, -0.15) is 0 Å². The van der Waals surface area contributed by atoms with E-state index in [0.717, 1.165) is 16.9 Å². The lowest BCUT2D eigenvalue weighted by Crippen LogP contribution is -2.17. The molecule has 174 valence electrons. The summed E-state index contributed by atoms with van der Waals surface area (Å²) in [5.41, 5.74) is 2.74. The van der Waals surface area contributed by atoms with Gasteiger partial charge in [0.25, 0.3) is 10.0 Å². The fraction of sp³-hybridized carbons (Fsp3) is 0.167. The molecule has 9 nitrogen and oxygen atoms in total. The average molecular weight is 479 g/mol. The number of rotatable bonds is 7. The maximum Gasteiger partial charge on any atom is 0.262 e. The fourth-order valence-corrected chi connectivity index (χ4v) is 4.68. The molecule has 2 heterocycles. The van der Waals surface area contributed by atoms with Crippen LogP contribution in [0.1, 0.15) is 12.2 Å². The van der Waals surface area contributed by atoms with E-state index < -0.39 is 10.0 Å². The number of para-hydroxylation sites is 2. The molecule has 0 saturated heterocycles. The van der Waals surface area contributed by atoms with E-state index in [1.165, 1.54) is 12.1 Å². The summed E-state index contributed by atoms with van der Waals surface area (Å²) in [6.45, 7) is 0.801. The number of ether oxygens (including phenoxy) is 2. The molecule has 1 aromatic heterocycles. The van der Waals surface area contributed by atoms with E-state index in [1.54, 1.807) is 30.3 Å². The molecule has 0 atom stereocenters. The minimum atomic E-state index is -3.82. The summed E-state index contributed by atoms with van der Waals surface area (Å²) in [4.78, 5) is 20.1. The van der Waals surface area contributed by atoms with E-state index >= 15 is 0 Å². The highest BCUT2D eigenvalue weighted by Gasteiger charge is 2.19. The van der Waals surface area contributed by atoms with Gasteiger partial charge >= 0.3 is 0 Å². The molecular formula is C24H22N4O5S. The number of aryl methyl sites for hydroxylation is 1. The number of nitrogens with zero attached hydrogens (tertiary/aromatic N) is 1. The van der Waals surface area contributed by atoms with Crippen molar-refractivity contribution in [3.8, 4) is 11.5 Å². The Balaban J connectivity index is 1.18. The van der Waals surface area contributed by atoms with Crippen LogP contribution in [0.4, 0.5) is 11.4 Å². The third-order valence-electron chi connectivity index (χ3n) is 5.27. The minimum Gasteiger partial charge on any atom is -0.486 e. The molecule has 3 aromatic carbocycles. The summed E-state index contributed by atoms with van der Waals surface area (Å²) in [7, 11) is -3.82. The van der Waals surface area contributed by atoms with Crippen molar-refractivity contribution in [2.75, 3.05) is 23.3 Å². The summed E-state index contributed by atoms with van der Waals surface area (Å²) in [6, 6.07) is 18.6. The number of H-pyrrole nitrogens is 1. The molecule has 5 rings (SSSR count). The molecule has 4 aromatic rings. The minimum absolute atomic E-state index is 0.0692. The number of carbonyl (C=O) groups is 1. The Hall–Kier alpha value is -4.05. The van der Waals surface area contributed by atoms with Gasteiger partial charge in [-0.25, -0.2) is 13.4 Å². The van der Waals surface area contributed by atoms with Gasteiger partial charge in [0.05, 0.1) is 15.9 Å². The van der Waals surface area contributed by atoms with Gasteiger partial charge in [0.2, 0.25) is 5.91 Å². The number of fused-ring (bicyclic) bond motifs is 2. The van der Waals surface area contributed by atoms with Crippen LogP contribution in [0.3, 0.4) is 0 Å². The van der Waals surface area contributed by atoms with Crippen LogP contribution < -0.4 is 19.5 Å². The maximum absolute atomic E-state index is 12.7. The lowest BCUT2D eigenvalue weighted by Gasteiger charge is -2.19. The second-order valence-electron chi connectivity index (χ2n) is 7.74. The van der Waals surface area contributed by atoms with Crippen LogP contribution in [-0.4, -0.2) is 37.5 Å². The molecular weight excluding hydrogens is 456 g/mol. The van der Waals surface area contributed by atoms with Gasteiger partial charge in [0, 0.05) is 30.3 Å². The van der Waals surface area contributed by atoms with Gasteiger partial charge in [-0.15, -0.1) is 0 Å². The third kappa shape index (κ3) is 4.81. The van der Waals surface area contributed by atoms with Crippen molar-refractivity contribution in [3.05, 3.63) is 72.6 Å². The van der Waals surface area contributed by atoms with Gasteiger partial charge in [-0.1, -0.05) is 12.1 Å². The SMILES string of the molecule is O=C(CCc1nc2ccccc2[nH]1)Nc1ccc(NS(=O)(=O)c2ccc3c(c2)OCCO3)cc1. The average Bonchev–Trinajstić information content (AvgIpc) is 3.27. The van der Waals surface area contributed by atoms with E-state index in [2.05, 4.69) is 20.0 Å². The van der Waals surface area contributed by atoms with Crippen LogP contribution in [0, 0.1) is 0 Å². The first-order valence-corrected chi connectivity index (χ1v) is 12.2. The molecule has 3 N–H and O–H groups in total. The number of carbonyl (C=O) groups excluding carboxylic acids is 1. The molecule has 1 aliphatic rings. The summed E-state index contributed by atoms with van der Waals surface area (Å²) in [6.07, 6.45) is 0.742. The Labute approximate surface area is 196 Å². The molecule has 0 spiro atoms. The van der Waals surface area contributed by atoms with E-state index in [-0.39, 0.29) is 17.2 Å². The zero-order chi connectivity index (χ0) is 23.5. The molecule has 0 bridgehead atoms. The maximum atomic E-state index is 12.7. The van der Waals surface area contributed by atoms with Gasteiger partial charge in [-0.05, 0) is 48.5 Å². The standard InChI is InChI=1S/C24H22N4O5S/c29-24(12-11-23-26-19-3-1-2-4-20(19)27-23)25-16-5-7-17(8-6-16)28-34(30,31)18-9-10-21-22(15-18)33-14-13-32-21/h1-10,15,28H,11-14H2,(H,25,29)(H,26,27).